The molecule has 1 aromatic rings. The Hall–Kier alpha value is -2.02. The molecule has 1 aliphatic rings. The number of carbonyl (C=O) groups excluding carboxylic acids is 3. The van der Waals surface area contributed by atoms with E-state index < -0.39 is 0 Å². The van der Waals surface area contributed by atoms with E-state index in [1.807, 2.05) is 18.2 Å². The minimum Gasteiger partial charge on any atom is -0.469 e. The molecular weight excluding hydrogens is 352 g/mol. The van der Waals surface area contributed by atoms with Gasteiger partial charge in [0.15, 0.2) is 0 Å². The Labute approximate surface area is 158 Å². The van der Waals surface area contributed by atoms with Gasteiger partial charge < -0.3 is 15.4 Å². The van der Waals surface area contributed by atoms with Gasteiger partial charge in [-0.25, -0.2) is 0 Å². The van der Waals surface area contributed by atoms with Crippen LogP contribution >= 0.6 is 11.8 Å². The molecule has 0 aromatic heterocycles. The molecule has 1 aliphatic heterocycles. The van der Waals surface area contributed by atoms with Crippen LogP contribution in [0.5, 0.6) is 0 Å². The molecule has 7 heteroatoms. The van der Waals surface area contributed by atoms with Gasteiger partial charge in [0.25, 0.3) is 5.91 Å². The van der Waals surface area contributed by atoms with Gasteiger partial charge in [0, 0.05) is 29.9 Å². The Morgan fingerprint density at radius 3 is 2.54 bits per heavy atom. The van der Waals surface area contributed by atoms with Gasteiger partial charge in [-0.05, 0) is 25.0 Å². The van der Waals surface area contributed by atoms with Crippen molar-refractivity contribution in [2.75, 3.05) is 12.9 Å². The molecule has 3 atom stereocenters. The molecule has 0 radical (unpaired) electrons. The standard InChI is InChI=1S/C19H26N2O4S/c1-13(22)20-18-15(21-19(24)14-8-4-3-5-9-14)12-26-16(18)10-6-7-11-17(23)25-2/h3-5,8-9,15-16,18H,6-7,10-12H2,1-2H3,(H,20,22)(H,21,24). The molecule has 142 valence electrons. The summed E-state index contributed by atoms with van der Waals surface area (Å²) in [6, 6.07) is 8.85. The summed E-state index contributed by atoms with van der Waals surface area (Å²) in [7, 11) is 1.39. The molecule has 2 N–H and O–H groups in total. The largest absolute Gasteiger partial charge is 0.469 e. The van der Waals surface area contributed by atoms with Crippen LogP contribution in [0.1, 0.15) is 43.0 Å². The quantitative estimate of drug-likeness (QED) is 0.535. The van der Waals surface area contributed by atoms with E-state index >= 15 is 0 Å². The number of hydrogen-bond donors (Lipinski definition) is 2. The number of hydrogen-bond acceptors (Lipinski definition) is 5. The van der Waals surface area contributed by atoms with Crippen molar-refractivity contribution in [3.63, 3.8) is 0 Å². The lowest BCUT2D eigenvalue weighted by Gasteiger charge is -2.25. The number of unbranched alkanes of at least 4 members (excludes halogenated alkanes) is 1. The smallest absolute Gasteiger partial charge is 0.305 e. The lowest BCUT2D eigenvalue weighted by atomic mass is 10.0. The van der Waals surface area contributed by atoms with Crippen LogP contribution in [0.4, 0.5) is 0 Å². The zero-order valence-electron chi connectivity index (χ0n) is 15.2. The van der Waals surface area contributed by atoms with Gasteiger partial charge in [0.2, 0.25) is 5.91 Å². The fourth-order valence-corrected chi connectivity index (χ4v) is 4.62. The second kappa shape index (κ2) is 10.2. The average Bonchev–Trinajstić information content (AvgIpc) is 3.00. The number of amides is 2. The highest BCUT2D eigenvalue weighted by Crippen LogP contribution is 2.31. The Balaban J connectivity index is 1.91. The van der Waals surface area contributed by atoms with Gasteiger partial charge in [-0.15, -0.1) is 0 Å². The summed E-state index contributed by atoms with van der Waals surface area (Å²) in [5, 5.41) is 6.26. The first-order valence-electron chi connectivity index (χ1n) is 8.82. The summed E-state index contributed by atoms with van der Waals surface area (Å²) in [6.45, 7) is 1.49. The lowest BCUT2D eigenvalue weighted by molar-refractivity contribution is -0.140. The van der Waals surface area contributed by atoms with Crippen molar-refractivity contribution in [2.24, 2.45) is 0 Å². The van der Waals surface area contributed by atoms with E-state index in [2.05, 4.69) is 15.4 Å². The van der Waals surface area contributed by atoms with Crippen molar-refractivity contribution in [3.05, 3.63) is 35.9 Å². The molecule has 0 bridgehead atoms. The second-order valence-corrected chi connectivity index (χ2v) is 7.64. The number of carbonyl (C=O) groups is 3. The van der Waals surface area contributed by atoms with E-state index in [0.717, 1.165) is 25.0 Å². The van der Waals surface area contributed by atoms with E-state index in [-0.39, 0.29) is 35.1 Å². The summed E-state index contributed by atoms with van der Waals surface area (Å²) >= 11 is 1.76. The zero-order valence-corrected chi connectivity index (χ0v) is 16.0. The van der Waals surface area contributed by atoms with Crippen molar-refractivity contribution < 1.29 is 19.1 Å². The van der Waals surface area contributed by atoms with E-state index in [9.17, 15) is 14.4 Å². The molecule has 26 heavy (non-hydrogen) atoms. The number of esters is 1. The third-order valence-electron chi connectivity index (χ3n) is 4.39. The van der Waals surface area contributed by atoms with Gasteiger partial charge in [-0.1, -0.05) is 24.6 Å². The Morgan fingerprint density at radius 2 is 1.88 bits per heavy atom. The number of methoxy groups -OCH3 is 1. The molecule has 0 aliphatic carbocycles. The molecule has 1 heterocycles. The van der Waals surface area contributed by atoms with Crippen LogP contribution in [0.3, 0.4) is 0 Å². The summed E-state index contributed by atoms with van der Waals surface area (Å²) in [5.41, 5.74) is 0.612. The van der Waals surface area contributed by atoms with Crippen LogP contribution in [-0.2, 0) is 14.3 Å². The van der Waals surface area contributed by atoms with Crippen molar-refractivity contribution in [3.8, 4) is 0 Å². The Kier molecular flexibility index (Phi) is 7.97. The van der Waals surface area contributed by atoms with Crippen molar-refractivity contribution in [1.29, 1.82) is 0 Å². The molecule has 2 rings (SSSR count). The fourth-order valence-electron chi connectivity index (χ4n) is 3.07. The molecule has 1 aromatic carbocycles. The van der Waals surface area contributed by atoms with Crippen molar-refractivity contribution in [1.82, 2.24) is 10.6 Å². The van der Waals surface area contributed by atoms with E-state index in [1.165, 1.54) is 14.0 Å². The molecule has 0 saturated carbocycles. The van der Waals surface area contributed by atoms with Gasteiger partial charge in [0.1, 0.15) is 0 Å². The summed E-state index contributed by atoms with van der Waals surface area (Å²) < 4.78 is 4.65. The summed E-state index contributed by atoms with van der Waals surface area (Å²) in [4.78, 5) is 35.2. The number of nitrogens with one attached hydrogen (secondary N) is 2. The maximum Gasteiger partial charge on any atom is 0.305 e. The molecule has 2 amide bonds. The number of rotatable bonds is 8. The highest BCUT2D eigenvalue weighted by Gasteiger charge is 2.37. The third-order valence-corrected chi connectivity index (χ3v) is 5.90. The monoisotopic (exact) mass is 378 g/mol. The fraction of sp³-hybridized carbons (Fsp3) is 0.526. The maximum absolute atomic E-state index is 12.4. The maximum atomic E-state index is 12.4. The topological polar surface area (TPSA) is 84.5 Å². The van der Waals surface area contributed by atoms with Crippen molar-refractivity contribution >= 4 is 29.5 Å². The van der Waals surface area contributed by atoms with Crippen LogP contribution in [0, 0.1) is 0 Å². The summed E-state index contributed by atoms with van der Waals surface area (Å²) in [5.74, 6) is 0.329. The molecular formula is C19H26N2O4S. The van der Waals surface area contributed by atoms with Gasteiger partial charge >= 0.3 is 5.97 Å². The van der Waals surface area contributed by atoms with Crippen LogP contribution in [0.25, 0.3) is 0 Å². The predicted molar refractivity (Wildman–Crippen MR) is 102 cm³/mol. The molecule has 3 unspecified atom stereocenters. The van der Waals surface area contributed by atoms with Crippen LogP contribution in [-0.4, -0.2) is 48.0 Å². The third kappa shape index (κ3) is 6.05. The van der Waals surface area contributed by atoms with Gasteiger partial charge in [0.05, 0.1) is 19.2 Å². The Bertz CT molecular complexity index is 623. The van der Waals surface area contributed by atoms with E-state index in [4.69, 9.17) is 0 Å². The van der Waals surface area contributed by atoms with Gasteiger partial charge in [-0.3, -0.25) is 14.4 Å². The highest BCUT2D eigenvalue weighted by atomic mass is 32.2. The average molecular weight is 378 g/mol. The number of ether oxygens (including phenoxy) is 1. The first-order chi connectivity index (χ1) is 12.5. The first-order valence-corrected chi connectivity index (χ1v) is 9.87. The van der Waals surface area contributed by atoms with E-state index in [1.54, 1.807) is 23.9 Å². The normalized spacial score (nSPS) is 21.8. The van der Waals surface area contributed by atoms with Crippen LogP contribution in [0.15, 0.2) is 30.3 Å². The van der Waals surface area contributed by atoms with Gasteiger partial charge in [-0.2, -0.15) is 11.8 Å². The summed E-state index contributed by atoms with van der Waals surface area (Å²) in [6.07, 6.45) is 2.93. The lowest BCUT2D eigenvalue weighted by Crippen LogP contribution is -2.52. The molecule has 1 fully saturated rings. The highest BCUT2D eigenvalue weighted by molar-refractivity contribution is 8.00. The zero-order chi connectivity index (χ0) is 18.9. The van der Waals surface area contributed by atoms with Crippen LogP contribution < -0.4 is 10.6 Å². The SMILES string of the molecule is COC(=O)CCCCC1SCC(NC(=O)c2ccccc2)C1NC(C)=O. The Morgan fingerprint density at radius 1 is 1.15 bits per heavy atom. The minimum atomic E-state index is -0.199. The van der Waals surface area contributed by atoms with Crippen LogP contribution in [0.2, 0.25) is 0 Å². The minimum absolute atomic E-state index is 0.101. The predicted octanol–water partition coefficient (Wildman–Crippen LogP) is 2.14. The van der Waals surface area contributed by atoms with E-state index in [0.29, 0.717) is 12.0 Å². The first kappa shape index (κ1) is 20.3. The number of benzene rings is 1. The molecule has 0 spiro atoms. The second-order valence-electron chi connectivity index (χ2n) is 6.37. The van der Waals surface area contributed by atoms with Crippen molar-refractivity contribution in [2.45, 2.75) is 49.9 Å². The molecule has 1 saturated heterocycles. The molecule has 6 nitrogen and oxygen atoms in total. The number of thioether (sulfide) groups is 1.